The molecule has 0 aliphatic heterocycles. The van der Waals surface area contributed by atoms with E-state index in [0.717, 1.165) is 12.8 Å². The lowest BCUT2D eigenvalue weighted by Crippen LogP contribution is -2.24. The second-order valence-corrected chi connectivity index (χ2v) is 7.57. The van der Waals surface area contributed by atoms with Gasteiger partial charge >= 0.3 is 5.97 Å². The van der Waals surface area contributed by atoms with E-state index in [2.05, 4.69) is 18.6 Å². The second kappa shape index (κ2) is 7.09. The molecule has 0 unspecified atom stereocenters. The summed E-state index contributed by atoms with van der Waals surface area (Å²) >= 11 is 0. The van der Waals surface area contributed by atoms with E-state index in [-0.39, 0.29) is 16.6 Å². The summed E-state index contributed by atoms with van der Waals surface area (Å²) in [6.07, 6.45) is 3.07. The number of sulfonamides is 1. The van der Waals surface area contributed by atoms with Crippen molar-refractivity contribution in [3.63, 3.8) is 0 Å². The summed E-state index contributed by atoms with van der Waals surface area (Å²) in [5, 5.41) is 9.13. The smallest absolute Gasteiger partial charge is 0.352 e. The van der Waals surface area contributed by atoms with E-state index in [4.69, 9.17) is 5.11 Å². The fraction of sp³-hybridized carbons (Fsp3) is 0.643. The van der Waals surface area contributed by atoms with Gasteiger partial charge in [0.15, 0.2) is 0 Å². The van der Waals surface area contributed by atoms with Crippen LogP contribution < -0.4 is 4.72 Å². The average Bonchev–Trinajstić information content (AvgIpc) is 2.80. The summed E-state index contributed by atoms with van der Waals surface area (Å²) in [6.45, 7) is 8.13. The van der Waals surface area contributed by atoms with Crippen LogP contribution >= 0.6 is 0 Å². The van der Waals surface area contributed by atoms with Gasteiger partial charge in [-0.15, -0.1) is 0 Å². The molecule has 1 aromatic heterocycles. The maximum atomic E-state index is 12.2. The lowest BCUT2D eigenvalue weighted by molar-refractivity contribution is 0.0683. The fourth-order valence-corrected chi connectivity index (χ4v) is 3.10. The van der Waals surface area contributed by atoms with Crippen molar-refractivity contribution in [2.24, 2.45) is 5.92 Å². The number of nitrogens with one attached hydrogen (secondary N) is 1. The minimum absolute atomic E-state index is 0.00172. The average molecular weight is 316 g/mol. The van der Waals surface area contributed by atoms with Gasteiger partial charge in [-0.25, -0.2) is 17.9 Å². The molecule has 0 amide bonds. The SMILES string of the molecule is CC(C)CCCNS(=O)(=O)c1cc(C(=O)O)n(C(C)C)c1. The maximum absolute atomic E-state index is 12.2. The highest BCUT2D eigenvalue weighted by Crippen LogP contribution is 2.19. The Kier molecular flexibility index (Phi) is 5.98. The highest BCUT2D eigenvalue weighted by molar-refractivity contribution is 7.89. The number of hydrogen-bond donors (Lipinski definition) is 2. The molecule has 0 fully saturated rings. The predicted molar refractivity (Wildman–Crippen MR) is 81.0 cm³/mol. The Morgan fingerprint density at radius 1 is 1.33 bits per heavy atom. The monoisotopic (exact) mass is 316 g/mol. The number of aromatic carboxylic acids is 1. The molecule has 0 radical (unpaired) electrons. The van der Waals surface area contributed by atoms with E-state index >= 15 is 0 Å². The van der Waals surface area contributed by atoms with Crippen LogP contribution in [-0.2, 0) is 10.0 Å². The molecule has 0 aromatic carbocycles. The van der Waals surface area contributed by atoms with E-state index < -0.39 is 16.0 Å². The first-order chi connectivity index (χ1) is 9.65. The van der Waals surface area contributed by atoms with Crippen molar-refractivity contribution in [3.8, 4) is 0 Å². The number of nitrogens with zero attached hydrogens (tertiary/aromatic N) is 1. The molecular formula is C14H24N2O4S. The van der Waals surface area contributed by atoms with Crippen molar-refractivity contribution < 1.29 is 18.3 Å². The highest BCUT2D eigenvalue weighted by Gasteiger charge is 2.22. The molecule has 0 saturated carbocycles. The van der Waals surface area contributed by atoms with Crippen molar-refractivity contribution >= 4 is 16.0 Å². The van der Waals surface area contributed by atoms with Gasteiger partial charge in [-0.3, -0.25) is 0 Å². The lowest BCUT2D eigenvalue weighted by atomic mass is 10.1. The first kappa shape index (κ1) is 17.7. The number of carboxylic acid groups (broad SMARTS) is 1. The van der Waals surface area contributed by atoms with Crippen molar-refractivity contribution in [3.05, 3.63) is 18.0 Å². The summed E-state index contributed by atoms with van der Waals surface area (Å²) < 4.78 is 28.3. The summed E-state index contributed by atoms with van der Waals surface area (Å²) in [5.41, 5.74) is -0.0208. The zero-order chi connectivity index (χ0) is 16.2. The fourth-order valence-electron chi connectivity index (χ4n) is 2.00. The van der Waals surface area contributed by atoms with Gasteiger partial charge in [0.25, 0.3) is 0 Å². The number of hydrogen-bond acceptors (Lipinski definition) is 3. The van der Waals surface area contributed by atoms with Crippen LogP contribution in [-0.4, -0.2) is 30.6 Å². The van der Waals surface area contributed by atoms with Crippen LogP contribution in [0, 0.1) is 5.92 Å². The van der Waals surface area contributed by atoms with Gasteiger partial charge in [-0.1, -0.05) is 13.8 Å². The third-order valence-corrected chi connectivity index (χ3v) is 4.59. The van der Waals surface area contributed by atoms with Gasteiger partial charge in [0.2, 0.25) is 10.0 Å². The van der Waals surface area contributed by atoms with Crippen LogP contribution in [0.3, 0.4) is 0 Å². The molecule has 1 heterocycles. The number of carbonyl (C=O) groups is 1. The van der Waals surface area contributed by atoms with E-state index in [1.54, 1.807) is 13.8 Å². The molecule has 2 N–H and O–H groups in total. The zero-order valence-corrected chi connectivity index (χ0v) is 13.8. The van der Waals surface area contributed by atoms with E-state index in [0.29, 0.717) is 12.5 Å². The molecule has 0 bridgehead atoms. The van der Waals surface area contributed by atoms with Crippen molar-refractivity contribution in [1.29, 1.82) is 0 Å². The molecule has 0 aliphatic carbocycles. The van der Waals surface area contributed by atoms with Gasteiger partial charge in [0.05, 0.1) is 0 Å². The van der Waals surface area contributed by atoms with Crippen LogP contribution in [0.15, 0.2) is 17.2 Å². The summed E-state index contributed by atoms with van der Waals surface area (Å²) in [7, 11) is -3.66. The van der Waals surface area contributed by atoms with E-state index in [1.807, 2.05) is 0 Å². The molecule has 1 aromatic rings. The van der Waals surface area contributed by atoms with Crippen molar-refractivity contribution in [1.82, 2.24) is 9.29 Å². The predicted octanol–water partition coefficient (Wildman–Crippen LogP) is 2.48. The van der Waals surface area contributed by atoms with Gasteiger partial charge in [0, 0.05) is 18.8 Å². The molecule has 7 heteroatoms. The Balaban J connectivity index is 2.88. The molecule has 0 saturated heterocycles. The Morgan fingerprint density at radius 2 is 1.95 bits per heavy atom. The molecule has 0 spiro atoms. The van der Waals surface area contributed by atoms with Crippen molar-refractivity contribution in [2.75, 3.05) is 6.54 Å². The van der Waals surface area contributed by atoms with Crippen molar-refractivity contribution in [2.45, 2.75) is 51.5 Å². The first-order valence-corrected chi connectivity index (χ1v) is 8.58. The van der Waals surface area contributed by atoms with Crippen LogP contribution in [0.2, 0.25) is 0 Å². The van der Waals surface area contributed by atoms with Crippen LogP contribution in [0.25, 0.3) is 0 Å². The third kappa shape index (κ3) is 4.86. The van der Waals surface area contributed by atoms with Crippen LogP contribution in [0.1, 0.15) is 57.1 Å². The Labute approximate surface area is 126 Å². The number of rotatable bonds is 8. The first-order valence-electron chi connectivity index (χ1n) is 7.10. The second-order valence-electron chi connectivity index (χ2n) is 5.80. The summed E-state index contributed by atoms with van der Waals surface area (Å²) in [4.78, 5) is 11.2. The largest absolute Gasteiger partial charge is 0.477 e. The number of aromatic nitrogens is 1. The molecule has 21 heavy (non-hydrogen) atoms. The minimum Gasteiger partial charge on any atom is -0.477 e. The zero-order valence-electron chi connectivity index (χ0n) is 13.0. The van der Waals surface area contributed by atoms with E-state index in [1.165, 1.54) is 16.8 Å². The molecule has 6 nitrogen and oxygen atoms in total. The molecule has 0 atom stereocenters. The molecule has 0 aliphatic rings. The highest BCUT2D eigenvalue weighted by atomic mass is 32.2. The topological polar surface area (TPSA) is 88.4 Å². The summed E-state index contributed by atoms with van der Waals surface area (Å²) in [5.74, 6) is -0.611. The molecule has 1 rings (SSSR count). The Morgan fingerprint density at radius 3 is 2.38 bits per heavy atom. The quantitative estimate of drug-likeness (QED) is 0.721. The number of carboxylic acids is 1. The van der Waals surface area contributed by atoms with Gasteiger partial charge in [-0.05, 0) is 38.7 Å². The molecule has 120 valence electrons. The summed E-state index contributed by atoms with van der Waals surface area (Å²) in [6, 6.07) is 1.08. The third-order valence-electron chi connectivity index (χ3n) is 3.16. The standard InChI is InChI=1S/C14H24N2O4S/c1-10(2)6-5-7-15-21(19,20)12-8-13(14(17)18)16(9-12)11(3)4/h8-11,15H,5-7H2,1-4H3,(H,17,18). The lowest BCUT2D eigenvalue weighted by Gasteiger charge is -2.09. The van der Waals surface area contributed by atoms with Crippen LogP contribution in [0.5, 0.6) is 0 Å². The van der Waals surface area contributed by atoms with Crippen LogP contribution in [0.4, 0.5) is 0 Å². The van der Waals surface area contributed by atoms with Gasteiger partial charge in [-0.2, -0.15) is 0 Å². The normalized spacial score (nSPS) is 12.3. The van der Waals surface area contributed by atoms with Gasteiger partial charge < -0.3 is 9.67 Å². The molecular weight excluding hydrogens is 292 g/mol. The Bertz CT molecular complexity index is 588. The van der Waals surface area contributed by atoms with E-state index in [9.17, 15) is 13.2 Å². The maximum Gasteiger partial charge on any atom is 0.352 e. The minimum atomic E-state index is -3.66. The van der Waals surface area contributed by atoms with Gasteiger partial charge in [0.1, 0.15) is 10.6 Å². The Hall–Kier alpha value is -1.34.